The molecule has 0 saturated heterocycles. The number of hydrogen-bond acceptors (Lipinski definition) is 4. The summed E-state index contributed by atoms with van der Waals surface area (Å²) in [6.45, 7) is 2.36. The summed E-state index contributed by atoms with van der Waals surface area (Å²) in [5, 5.41) is 9.22. The van der Waals surface area contributed by atoms with Gasteiger partial charge < -0.3 is 20.4 Å². The van der Waals surface area contributed by atoms with Crippen LogP contribution in [0.1, 0.15) is 21.7 Å². The fraction of sp³-hybridized carbons (Fsp3) is 0.143. The van der Waals surface area contributed by atoms with Gasteiger partial charge in [-0.3, -0.25) is 9.59 Å². The van der Waals surface area contributed by atoms with Crippen molar-refractivity contribution in [3.63, 3.8) is 0 Å². The molecule has 0 aliphatic carbocycles. The lowest BCUT2D eigenvalue weighted by molar-refractivity contribution is -0.114. The highest BCUT2D eigenvalue weighted by molar-refractivity contribution is 6.30. The minimum atomic E-state index is -0.215. The fourth-order valence-electron chi connectivity index (χ4n) is 2.55. The molecule has 0 aliphatic heterocycles. The maximum Gasteiger partial charge on any atom is 0.251 e. The third-order valence-corrected chi connectivity index (χ3v) is 4.31. The summed E-state index contributed by atoms with van der Waals surface area (Å²) in [5.74, 6) is 0.265. The highest BCUT2D eigenvalue weighted by Crippen LogP contribution is 2.20. The van der Waals surface area contributed by atoms with E-state index in [9.17, 15) is 9.59 Å². The third-order valence-electron chi connectivity index (χ3n) is 4.07. The number of benzene rings is 2. The van der Waals surface area contributed by atoms with Crippen molar-refractivity contribution < 1.29 is 14.0 Å². The molecule has 1 aromatic heterocycles. The number of anilines is 2. The van der Waals surface area contributed by atoms with Gasteiger partial charge in [0.25, 0.3) is 5.91 Å². The molecule has 7 heteroatoms. The lowest BCUT2D eigenvalue weighted by atomic mass is 10.2. The molecule has 3 rings (SSSR count). The Morgan fingerprint density at radius 1 is 1.07 bits per heavy atom. The molecule has 0 saturated carbocycles. The van der Waals surface area contributed by atoms with E-state index < -0.39 is 0 Å². The molecule has 0 aliphatic rings. The van der Waals surface area contributed by atoms with Crippen molar-refractivity contribution in [1.82, 2.24) is 5.32 Å². The largest absolute Gasteiger partial charge is 0.467 e. The molecule has 3 N–H and O–H groups in total. The van der Waals surface area contributed by atoms with Crippen molar-refractivity contribution in [3.05, 3.63) is 82.8 Å². The molecular weight excluding hydrogens is 378 g/mol. The SMILES string of the molecule is Cc1ccc(Cl)cc1NCC(=O)Nc1ccc(C(=O)NCc2ccco2)cc1. The van der Waals surface area contributed by atoms with Crippen molar-refractivity contribution in [2.45, 2.75) is 13.5 Å². The van der Waals surface area contributed by atoms with E-state index >= 15 is 0 Å². The highest BCUT2D eigenvalue weighted by atomic mass is 35.5. The molecule has 0 radical (unpaired) electrons. The molecule has 1 heterocycles. The number of rotatable bonds is 7. The standard InChI is InChI=1S/C21H20ClN3O3/c1-14-4-7-16(22)11-19(14)23-13-20(26)25-17-8-5-15(6-9-17)21(27)24-12-18-3-2-10-28-18/h2-11,23H,12-13H2,1H3,(H,24,27)(H,25,26). The van der Waals surface area contributed by atoms with Crippen molar-refractivity contribution >= 4 is 34.8 Å². The monoisotopic (exact) mass is 397 g/mol. The molecule has 0 bridgehead atoms. The summed E-state index contributed by atoms with van der Waals surface area (Å²) in [6.07, 6.45) is 1.56. The van der Waals surface area contributed by atoms with Crippen LogP contribution in [0.4, 0.5) is 11.4 Å². The third kappa shape index (κ3) is 5.37. The molecule has 2 amide bonds. The van der Waals surface area contributed by atoms with Crippen LogP contribution in [0.5, 0.6) is 0 Å². The average molecular weight is 398 g/mol. The van der Waals surface area contributed by atoms with Gasteiger partial charge in [0.2, 0.25) is 5.91 Å². The second-order valence-corrected chi connectivity index (χ2v) is 6.64. The van der Waals surface area contributed by atoms with E-state index in [0.29, 0.717) is 28.6 Å². The van der Waals surface area contributed by atoms with Gasteiger partial charge in [-0.05, 0) is 61.0 Å². The molecule has 28 heavy (non-hydrogen) atoms. The second kappa shape index (κ2) is 9.10. The van der Waals surface area contributed by atoms with Crippen LogP contribution in [0, 0.1) is 6.92 Å². The number of nitrogens with one attached hydrogen (secondary N) is 3. The Labute approximate surface area is 167 Å². The molecule has 144 valence electrons. The fourth-order valence-corrected chi connectivity index (χ4v) is 2.73. The Kier molecular flexibility index (Phi) is 6.34. The normalized spacial score (nSPS) is 10.4. The van der Waals surface area contributed by atoms with Crippen molar-refractivity contribution in [2.75, 3.05) is 17.2 Å². The average Bonchev–Trinajstić information content (AvgIpc) is 3.21. The van der Waals surface area contributed by atoms with Gasteiger partial charge in [0.1, 0.15) is 5.76 Å². The summed E-state index contributed by atoms with van der Waals surface area (Å²) >= 11 is 5.98. The topological polar surface area (TPSA) is 83.4 Å². The zero-order valence-corrected chi connectivity index (χ0v) is 16.0. The maximum atomic E-state index is 12.1. The summed E-state index contributed by atoms with van der Waals surface area (Å²) in [6, 6.07) is 15.7. The van der Waals surface area contributed by atoms with Crippen molar-refractivity contribution in [3.8, 4) is 0 Å². The Morgan fingerprint density at radius 2 is 1.86 bits per heavy atom. The summed E-state index contributed by atoms with van der Waals surface area (Å²) in [4.78, 5) is 24.3. The summed E-state index contributed by atoms with van der Waals surface area (Å²) < 4.78 is 5.18. The number of halogens is 1. The van der Waals surface area contributed by atoms with Gasteiger partial charge in [-0.15, -0.1) is 0 Å². The van der Waals surface area contributed by atoms with Crippen LogP contribution in [-0.2, 0) is 11.3 Å². The number of carbonyl (C=O) groups excluding carboxylic acids is 2. The van der Waals surface area contributed by atoms with Gasteiger partial charge in [0, 0.05) is 22.0 Å². The molecule has 0 atom stereocenters. The first-order valence-electron chi connectivity index (χ1n) is 8.72. The highest BCUT2D eigenvalue weighted by Gasteiger charge is 2.08. The Morgan fingerprint density at radius 3 is 2.57 bits per heavy atom. The molecule has 0 spiro atoms. The predicted molar refractivity (Wildman–Crippen MR) is 110 cm³/mol. The summed E-state index contributed by atoms with van der Waals surface area (Å²) in [7, 11) is 0. The van der Waals surface area contributed by atoms with Crippen LogP contribution in [0.2, 0.25) is 5.02 Å². The minimum Gasteiger partial charge on any atom is -0.467 e. The van der Waals surface area contributed by atoms with E-state index in [1.807, 2.05) is 13.0 Å². The van der Waals surface area contributed by atoms with Crippen LogP contribution >= 0.6 is 11.6 Å². The van der Waals surface area contributed by atoms with E-state index in [2.05, 4.69) is 16.0 Å². The van der Waals surface area contributed by atoms with E-state index in [4.69, 9.17) is 16.0 Å². The predicted octanol–water partition coefficient (Wildman–Crippen LogP) is 4.22. The molecule has 6 nitrogen and oxygen atoms in total. The van der Waals surface area contributed by atoms with Crippen LogP contribution in [0.25, 0.3) is 0 Å². The maximum absolute atomic E-state index is 12.1. The summed E-state index contributed by atoms with van der Waals surface area (Å²) in [5.41, 5.74) is 2.92. The molecule has 3 aromatic rings. The van der Waals surface area contributed by atoms with Crippen LogP contribution in [0.15, 0.2) is 65.3 Å². The number of furan rings is 1. The van der Waals surface area contributed by atoms with Gasteiger partial charge in [-0.2, -0.15) is 0 Å². The Balaban J connectivity index is 1.49. The van der Waals surface area contributed by atoms with Gasteiger partial charge in [0.15, 0.2) is 0 Å². The first kappa shape index (κ1) is 19.5. The van der Waals surface area contributed by atoms with Gasteiger partial charge in [0.05, 0.1) is 19.4 Å². The molecule has 0 fully saturated rings. The van der Waals surface area contributed by atoms with Gasteiger partial charge in [-0.1, -0.05) is 17.7 Å². The van der Waals surface area contributed by atoms with Crippen LogP contribution < -0.4 is 16.0 Å². The minimum absolute atomic E-state index is 0.104. The smallest absolute Gasteiger partial charge is 0.251 e. The quantitative estimate of drug-likeness (QED) is 0.557. The first-order valence-corrected chi connectivity index (χ1v) is 9.09. The molecule has 2 aromatic carbocycles. The van der Waals surface area contributed by atoms with Crippen molar-refractivity contribution in [2.24, 2.45) is 0 Å². The van der Waals surface area contributed by atoms with E-state index in [0.717, 1.165) is 11.3 Å². The first-order chi connectivity index (χ1) is 13.5. The van der Waals surface area contributed by atoms with Crippen LogP contribution in [0.3, 0.4) is 0 Å². The molecule has 0 unspecified atom stereocenters. The van der Waals surface area contributed by atoms with Crippen LogP contribution in [-0.4, -0.2) is 18.4 Å². The lowest BCUT2D eigenvalue weighted by Crippen LogP contribution is -2.23. The zero-order valence-electron chi connectivity index (χ0n) is 15.3. The zero-order chi connectivity index (χ0) is 19.9. The van der Waals surface area contributed by atoms with E-state index in [1.165, 1.54) is 0 Å². The van der Waals surface area contributed by atoms with Gasteiger partial charge in [-0.25, -0.2) is 0 Å². The number of carbonyl (C=O) groups is 2. The number of hydrogen-bond donors (Lipinski definition) is 3. The molecular formula is C21H20ClN3O3. The Bertz CT molecular complexity index is 954. The van der Waals surface area contributed by atoms with Crippen molar-refractivity contribution in [1.29, 1.82) is 0 Å². The van der Waals surface area contributed by atoms with Gasteiger partial charge >= 0.3 is 0 Å². The number of amides is 2. The van der Waals surface area contributed by atoms with E-state index in [1.54, 1.807) is 54.8 Å². The van der Waals surface area contributed by atoms with E-state index in [-0.39, 0.29) is 18.4 Å². The number of aryl methyl sites for hydroxylation is 1. The second-order valence-electron chi connectivity index (χ2n) is 6.20. The Hall–Kier alpha value is -3.25. The lowest BCUT2D eigenvalue weighted by Gasteiger charge is -2.11.